The average molecular weight is 286 g/mol. The van der Waals surface area contributed by atoms with E-state index in [1.165, 1.54) is 12.1 Å². The molecule has 106 valence electrons. The van der Waals surface area contributed by atoms with Crippen molar-refractivity contribution in [2.45, 2.75) is 30.2 Å². The minimum absolute atomic E-state index is 0.0556. The molecular formula is C12H18N2O4S. The Morgan fingerprint density at radius 2 is 1.89 bits per heavy atom. The zero-order chi connectivity index (χ0) is 14.3. The highest BCUT2D eigenvalue weighted by Crippen LogP contribution is 2.10. The van der Waals surface area contributed by atoms with Gasteiger partial charge in [-0.1, -0.05) is 24.6 Å². The first-order valence-electron chi connectivity index (χ1n) is 5.97. The Morgan fingerprint density at radius 3 is 2.42 bits per heavy atom. The third-order valence-electron chi connectivity index (χ3n) is 2.60. The second kappa shape index (κ2) is 7.22. The van der Waals surface area contributed by atoms with Crippen molar-refractivity contribution in [3.05, 3.63) is 30.3 Å². The smallest absolute Gasteiger partial charge is 0.321 e. The van der Waals surface area contributed by atoms with Crippen molar-refractivity contribution >= 4 is 16.0 Å². The largest absolute Gasteiger partial charge is 0.480 e. The van der Waals surface area contributed by atoms with Crippen molar-refractivity contribution in [3.8, 4) is 0 Å². The molecular weight excluding hydrogens is 268 g/mol. The van der Waals surface area contributed by atoms with E-state index in [1.54, 1.807) is 18.2 Å². The van der Waals surface area contributed by atoms with Crippen LogP contribution in [0.2, 0.25) is 0 Å². The second-order valence-electron chi connectivity index (χ2n) is 4.11. The van der Waals surface area contributed by atoms with E-state index in [0.29, 0.717) is 19.4 Å². The zero-order valence-corrected chi connectivity index (χ0v) is 11.3. The molecule has 1 atom stereocenters. The summed E-state index contributed by atoms with van der Waals surface area (Å²) in [6.45, 7) is 0.456. The van der Waals surface area contributed by atoms with E-state index in [0.717, 1.165) is 0 Å². The van der Waals surface area contributed by atoms with Crippen LogP contribution in [-0.2, 0) is 14.8 Å². The standard InChI is InChI=1S/C12H18N2O4S/c13-9-5-4-8-11(12(15)16)14-19(17,18)10-6-2-1-3-7-10/h1-3,6-7,11,14H,4-5,8-9,13H2,(H,15,16)/t11-/m0/s1. The molecule has 6 nitrogen and oxygen atoms in total. The number of aliphatic carboxylic acids is 1. The molecule has 0 bridgehead atoms. The molecule has 0 aromatic heterocycles. The zero-order valence-electron chi connectivity index (χ0n) is 10.5. The lowest BCUT2D eigenvalue weighted by Gasteiger charge is -2.14. The van der Waals surface area contributed by atoms with E-state index >= 15 is 0 Å². The van der Waals surface area contributed by atoms with Crippen molar-refractivity contribution < 1.29 is 18.3 Å². The minimum Gasteiger partial charge on any atom is -0.480 e. The molecule has 0 amide bonds. The van der Waals surface area contributed by atoms with Gasteiger partial charge >= 0.3 is 5.97 Å². The molecule has 1 rings (SSSR count). The number of sulfonamides is 1. The quantitative estimate of drug-likeness (QED) is 0.604. The maximum atomic E-state index is 12.0. The Bertz CT molecular complexity index is 502. The fourth-order valence-corrected chi connectivity index (χ4v) is 2.83. The van der Waals surface area contributed by atoms with Crippen LogP contribution < -0.4 is 10.5 Å². The number of carboxylic acids is 1. The predicted molar refractivity (Wildman–Crippen MR) is 71.1 cm³/mol. The molecule has 0 aliphatic carbocycles. The van der Waals surface area contributed by atoms with Gasteiger partial charge in [0.25, 0.3) is 0 Å². The van der Waals surface area contributed by atoms with Crippen molar-refractivity contribution in [2.75, 3.05) is 6.54 Å². The normalized spacial score (nSPS) is 13.1. The number of rotatable bonds is 8. The van der Waals surface area contributed by atoms with Crippen molar-refractivity contribution in [2.24, 2.45) is 5.73 Å². The third kappa shape index (κ3) is 4.98. The molecule has 0 radical (unpaired) electrons. The van der Waals surface area contributed by atoms with E-state index in [4.69, 9.17) is 10.8 Å². The van der Waals surface area contributed by atoms with Crippen LogP contribution in [0.5, 0.6) is 0 Å². The molecule has 1 aromatic rings. The van der Waals surface area contributed by atoms with Crippen molar-refractivity contribution in [1.82, 2.24) is 4.72 Å². The minimum atomic E-state index is -3.80. The third-order valence-corrected chi connectivity index (χ3v) is 4.08. The van der Waals surface area contributed by atoms with Gasteiger partial charge in [0.05, 0.1) is 4.90 Å². The summed E-state index contributed by atoms with van der Waals surface area (Å²) in [5.41, 5.74) is 5.32. The lowest BCUT2D eigenvalue weighted by Crippen LogP contribution is -2.40. The van der Waals surface area contributed by atoms with E-state index < -0.39 is 22.0 Å². The van der Waals surface area contributed by atoms with Gasteiger partial charge in [0.1, 0.15) is 6.04 Å². The maximum Gasteiger partial charge on any atom is 0.321 e. The molecule has 7 heteroatoms. The molecule has 0 saturated carbocycles. The number of hydrogen-bond acceptors (Lipinski definition) is 4. The van der Waals surface area contributed by atoms with Gasteiger partial charge in [0.2, 0.25) is 10.0 Å². The van der Waals surface area contributed by atoms with E-state index in [2.05, 4.69) is 4.72 Å². The number of carbonyl (C=O) groups is 1. The average Bonchev–Trinajstić information content (AvgIpc) is 2.38. The molecule has 0 unspecified atom stereocenters. The number of unbranched alkanes of at least 4 members (excludes halogenated alkanes) is 1. The van der Waals surface area contributed by atoms with Gasteiger partial charge in [0.15, 0.2) is 0 Å². The van der Waals surface area contributed by atoms with Crippen molar-refractivity contribution in [3.63, 3.8) is 0 Å². The fourth-order valence-electron chi connectivity index (χ4n) is 1.58. The summed E-state index contributed by atoms with van der Waals surface area (Å²) in [5.74, 6) is -1.18. The Hall–Kier alpha value is -1.44. The van der Waals surface area contributed by atoms with Gasteiger partial charge in [-0.3, -0.25) is 4.79 Å². The van der Waals surface area contributed by atoms with Gasteiger partial charge in [0, 0.05) is 0 Å². The molecule has 0 aliphatic heterocycles. The second-order valence-corrected chi connectivity index (χ2v) is 5.82. The highest BCUT2D eigenvalue weighted by atomic mass is 32.2. The van der Waals surface area contributed by atoms with E-state index in [-0.39, 0.29) is 11.3 Å². The van der Waals surface area contributed by atoms with Gasteiger partial charge in [-0.15, -0.1) is 0 Å². The number of carboxylic acid groups (broad SMARTS) is 1. The first-order chi connectivity index (χ1) is 8.97. The van der Waals surface area contributed by atoms with Gasteiger partial charge in [-0.05, 0) is 31.5 Å². The molecule has 0 fully saturated rings. The van der Waals surface area contributed by atoms with Crippen LogP contribution in [-0.4, -0.2) is 32.1 Å². The van der Waals surface area contributed by atoms with Crippen LogP contribution in [0.25, 0.3) is 0 Å². The molecule has 0 aliphatic rings. The highest BCUT2D eigenvalue weighted by Gasteiger charge is 2.24. The molecule has 4 N–H and O–H groups in total. The number of nitrogens with two attached hydrogens (primary N) is 1. The molecule has 0 spiro atoms. The van der Waals surface area contributed by atoms with Crippen LogP contribution in [0.4, 0.5) is 0 Å². The summed E-state index contributed by atoms with van der Waals surface area (Å²) in [5, 5.41) is 9.02. The topological polar surface area (TPSA) is 109 Å². The Kier molecular flexibility index (Phi) is 5.94. The molecule has 19 heavy (non-hydrogen) atoms. The number of benzene rings is 1. The van der Waals surface area contributed by atoms with Gasteiger partial charge in [-0.25, -0.2) is 8.42 Å². The highest BCUT2D eigenvalue weighted by molar-refractivity contribution is 7.89. The summed E-state index contributed by atoms with van der Waals surface area (Å²) >= 11 is 0. The van der Waals surface area contributed by atoms with Crippen LogP contribution in [0.15, 0.2) is 35.2 Å². The Labute approximate surface area is 112 Å². The lowest BCUT2D eigenvalue weighted by atomic mass is 10.1. The lowest BCUT2D eigenvalue weighted by molar-refractivity contribution is -0.139. The van der Waals surface area contributed by atoms with Crippen LogP contribution in [0.3, 0.4) is 0 Å². The first-order valence-corrected chi connectivity index (χ1v) is 7.46. The SMILES string of the molecule is NCCCC[C@H](NS(=O)(=O)c1ccccc1)C(=O)O. The number of hydrogen-bond donors (Lipinski definition) is 3. The fraction of sp³-hybridized carbons (Fsp3) is 0.417. The van der Waals surface area contributed by atoms with Crippen LogP contribution in [0.1, 0.15) is 19.3 Å². The molecule has 0 saturated heterocycles. The summed E-state index contributed by atoms with van der Waals surface area (Å²) < 4.78 is 26.2. The Balaban J connectivity index is 2.76. The van der Waals surface area contributed by atoms with E-state index in [9.17, 15) is 13.2 Å². The maximum absolute atomic E-state index is 12.0. The van der Waals surface area contributed by atoms with Crippen LogP contribution in [0, 0.1) is 0 Å². The first kappa shape index (κ1) is 15.6. The number of nitrogens with one attached hydrogen (secondary N) is 1. The summed E-state index contributed by atoms with van der Waals surface area (Å²) in [6, 6.07) is 6.56. The van der Waals surface area contributed by atoms with Crippen LogP contribution >= 0.6 is 0 Å². The van der Waals surface area contributed by atoms with E-state index in [1.807, 2.05) is 0 Å². The van der Waals surface area contributed by atoms with Crippen molar-refractivity contribution in [1.29, 1.82) is 0 Å². The predicted octanol–water partition coefficient (Wildman–Crippen LogP) is 0.547. The van der Waals surface area contributed by atoms with Gasteiger partial charge < -0.3 is 10.8 Å². The Morgan fingerprint density at radius 1 is 1.26 bits per heavy atom. The monoisotopic (exact) mass is 286 g/mol. The summed E-state index contributed by atoms with van der Waals surface area (Å²) in [6.07, 6.45) is 1.44. The summed E-state index contributed by atoms with van der Waals surface area (Å²) in [7, 11) is -3.80. The van der Waals surface area contributed by atoms with Gasteiger partial charge in [-0.2, -0.15) is 4.72 Å². The summed E-state index contributed by atoms with van der Waals surface area (Å²) in [4.78, 5) is 11.1. The molecule has 0 heterocycles. The molecule has 1 aromatic carbocycles.